The molecule has 1 aliphatic carbocycles. The molecule has 2 nitrogen and oxygen atoms in total. The molecule has 2 aliphatic rings. The Hall–Kier alpha value is -0.860. The maximum atomic E-state index is 5.97. The number of fused-ring (bicyclic) bond motifs is 1. The van der Waals surface area contributed by atoms with Gasteiger partial charge in [0.25, 0.3) is 0 Å². The van der Waals surface area contributed by atoms with Crippen molar-refractivity contribution in [3.63, 3.8) is 0 Å². The minimum atomic E-state index is 0.492. The Labute approximate surface area is 117 Å². The monoisotopic (exact) mass is 258 g/mol. The van der Waals surface area contributed by atoms with E-state index in [1.807, 2.05) is 0 Å². The molecule has 0 atom stereocenters. The molecular weight excluding hydrogens is 232 g/mol. The first-order valence-corrected chi connectivity index (χ1v) is 7.81. The molecule has 3 rings (SSSR count). The first-order valence-electron chi connectivity index (χ1n) is 7.81. The van der Waals surface area contributed by atoms with Gasteiger partial charge in [0.1, 0.15) is 0 Å². The van der Waals surface area contributed by atoms with Gasteiger partial charge in [0.05, 0.1) is 0 Å². The molecule has 0 bridgehead atoms. The molecular formula is C17H26N2. The maximum Gasteiger partial charge on any atom is 0.0236 e. The molecule has 0 aromatic heterocycles. The van der Waals surface area contributed by atoms with E-state index in [9.17, 15) is 0 Å². The first-order chi connectivity index (χ1) is 9.31. The summed E-state index contributed by atoms with van der Waals surface area (Å²) < 4.78 is 0. The highest BCUT2D eigenvalue weighted by Gasteiger charge is 2.35. The number of rotatable bonds is 4. The van der Waals surface area contributed by atoms with E-state index in [2.05, 4.69) is 29.2 Å². The molecule has 1 aliphatic heterocycles. The molecule has 0 amide bonds. The zero-order chi connectivity index (χ0) is 13.1. The van der Waals surface area contributed by atoms with E-state index in [1.165, 1.54) is 57.2 Å². The lowest BCUT2D eigenvalue weighted by Gasteiger charge is -2.42. The van der Waals surface area contributed by atoms with Crippen molar-refractivity contribution in [2.45, 2.75) is 45.1 Å². The SMILES string of the molecule is NCC1(CCN2CCCc3ccccc3C2)CCC1. The van der Waals surface area contributed by atoms with Gasteiger partial charge in [-0.3, -0.25) is 4.90 Å². The van der Waals surface area contributed by atoms with Crippen molar-refractivity contribution in [1.82, 2.24) is 4.90 Å². The Bertz CT molecular complexity index is 418. The molecule has 0 saturated heterocycles. The van der Waals surface area contributed by atoms with Crippen molar-refractivity contribution < 1.29 is 0 Å². The Kier molecular flexibility index (Phi) is 3.90. The van der Waals surface area contributed by atoms with Gasteiger partial charge in [-0.15, -0.1) is 0 Å². The molecule has 1 aromatic carbocycles. The van der Waals surface area contributed by atoms with Crippen LogP contribution in [0.25, 0.3) is 0 Å². The van der Waals surface area contributed by atoms with Gasteiger partial charge in [-0.1, -0.05) is 30.7 Å². The molecule has 2 heteroatoms. The Balaban J connectivity index is 1.60. The van der Waals surface area contributed by atoms with Crippen molar-refractivity contribution in [2.24, 2.45) is 11.1 Å². The number of aryl methyl sites for hydroxylation is 1. The van der Waals surface area contributed by atoms with Crippen molar-refractivity contribution in [3.8, 4) is 0 Å². The second kappa shape index (κ2) is 5.64. The fourth-order valence-corrected chi connectivity index (χ4v) is 3.59. The Morgan fingerprint density at radius 1 is 1.11 bits per heavy atom. The third-order valence-corrected chi connectivity index (χ3v) is 5.24. The summed E-state index contributed by atoms with van der Waals surface area (Å²) in [5.41, 5.74) is 9.56. The predicted molar refractivity (Wildman–Crippen MR) is 80.0 cm³/mol. The van der Waals surface area contributed by atoms with E-state index in [1.54, 1.807) is 5.56 Å². The van der Waals surface area contributed by atoms with Crippen LogP contribution < -0.4 is 5.73 Å². The van der Waals surface area contributed by atoms with Crippen LogP contribution in [-0.4, -0.2) is 24.5 Å². The summed E-state index contributed by atoms with van der Waals surface area (Å²) in [5.74, 6) is 0. The molecule has 2 N–H and O–H groups in total. The predicted octanol–water partition coefficient (Wildman–Crippen LogP) is 2.95. The Morgan fingerprint density at radius 2 is 1.89 bits per heavy atom. The molecule has 1 aromatic rings. The van der Waals surface area contributed by atoms with Crippen LogP contribution in [0.2, 0.25) is 0 Å². The van der Waals surface area contributed by atoms with Crippen LogP contribution in [0.3, 0.4) is 0 Å². The molecule has 19 heavy (non-hydrogen) atoms. The molecule has 104 valence electrons. The molecule has 0 spiro atoms. The number of nitrogens with zero attached hydrogens (tertiary/aromatic N) is 1. The summed E-state index contributed by atoms with van der Waals surface area (Å²) in [6, 6.07) is 8.95. The van der Waals surface area contributed by atoms with Crippen molar-refractivity contribution >= 4 is 0 Å². The standard InChI is InChI=1S/C17H26N2/c18-14-17(8-4-9-17)10-12-19-11-3-7-15-5-1-2-6-16(15)13-19/h1-2,5-6H,3-4,7-14,18H2. The average molecular weight is 258 g/mol. The van der Waals surface area contributed by atoms with E-state index < -0.39 is 0 Å². The van der Waals surface area contributed by atoms with Crippen LogP contribution in [0.1, 0.15) is 43.2 Å². The molecule has 1 fully saturated rings. The number of benzene rings is 1. The van der Waals surface area contributed by atoms with Crippen LogP contribution in [-0.2, 0) is 13.0 Å². The minimum Gasteiger partial charge on any atom is -0.330 e. The number of hydrogen-bond acceptors (Lipinski definition) is 2. The zero-order valence-electron chi connectivity index (χ0n) is 11.9. The van der Waals surface area contributed by atoms with Gasteiger partial charge in [0.15, 0.2) is 0 Å². The van der Waals surface area contributed by atoms with Gasteiger partial charge < -0.3 is 5.73 Å². The van der Waals surface area contributed by atoms with E-state index >= 15 is 0 Å². The van der Waals surface area contributed by atoms with Crippen LogP contribution in [0.4, 0.5) is 0 Å². The molecule has 1 heterocycles. The number of nitrogens with two attached hydrogens (primary N) is 1. The summed E-state index contributed by atoms with van der Waals surface area (Å²) in [7, 11) is 0. The minimum absolute atomic E-state index is 0.492. The van der Waals surface area contributed by atoms with Crippen molar-refractivity contribution in [3.05, 3.63) is 35.4 Å². The van der Waals surface area contributed by atoms with Gasteiger partial charge in [-0.05, 0) is 68.3 Å². The van der Waals surface area contributed by atoms with Gasteiger partial charge >= 0.3 is 0 Å². The van der Waals surface area contributed by atoms with Crippen LogP contribution in [0.5, 0.6) is 0 Å². The molecule has 0 radical (unpaired) electrons. The third kappa shape index (κ3) is 2.85. The fourth-order valence-electron chi connectivity index (χ4n) is 3.59. The van der Waals surface area contributed by atoms with Crippen molar-refractivity contribution in [2.75, 3.05) is 19.6 Å². The van der Waals surface area contributed by atoms with E-state index in [-0.39, 0.29) is 0 Å². The van der Waals surface area contributed by atoms with Gasteiger partial charge in [-0.2, -0.15) is 0 Å². The summed E-state index contributed by atoms with van der Waals surface area (Å²) in [5, 5.41) is 0. The van der Waals surface area contributed by atoms with Gasteiger partial charge in [0, 0.05) is 6.54 Å². The summed E-state index contributed by atoms with van der Waals surface area (Å²) in [6.07, 6.45) is 7.94. The van der Waals surface area contributed by atoms with E-state index in [4.69, 9.17) is 5.73 Å². The normalized spacial score (nSPS) is 22.4. The highest BCUT2D eigenvalue weighted by atomic mass is 15.1. The second-order valence-corrected chi connectivity index (χ2v) is 6.46. The van der Waals surface area contributed by atoms with Crippen LogP contribution >= 0.6 is 0 Å². The van der Waals surface area contributed by atoms with Crippen molar-refractivity contribution in [1.29, 1.82) is 0 Å². The van der Waals surface area contributed by atoms with Crippen LogP contribution in [0, 0.1) is 5.41 Å². The van der Waals surface area contributed by atoms with E-state index in [0.717, 1.165) is 13.1 Å². The zero-order valence-corrected chi connectivity index (χ0v) is 11.9. The van der Waals surface area contributed by atoms with E-state index in [0.29, 0.717) is 5.41 Å². The summed E-state index contributed by atoms with van der Waals surface area (Å²) >= 11 is 0. The van der Waals surface area contributed by atoms with Gasteiger partial charge in [-0.25, -0.2) is 0 Å². The maximum absolute atomic E-state index is 5.97. The molecule has 1 saturated carbocycles. The van der Waals surface area contributed by atoms with Gasteiger partial charge in [0.2, 0.25) is 0 Å². The summed E-state index contributed by atoms with van der Waals surface area (Å²) in [4.78, 5) is 2.64. The van der Waals surface area contributed by atoms with Crippen LogP contribution in [0.15, 0.2) is 24.3 Å². The lowest BCUT2D eigenvalue weighted by molar-refractivity contribution is 0.104. The Morgan fingerprint density at radius 3 is 2.58 bits per heavy atom. The smallest absolute Gasteiger partial charge is 0.0236 e. The lowest BCUT2D eigenvalue weighted by atomic mass is 9.66. The third-order valence-electron chi connectivity index (χ3n) is 5.24. The summed E-state index contributed by atoms with van der Waals surface area (Å²) in [6.45, 7) is 4.50. The lowest BCUT2D eigenvalue weighted by Crippen LogP contribution is -2.40. The fraction of sp³-hybridized carbons (Fsp3) is 0.647. The largest absolute Gasteiger partial charge is 0.330 e. The number of hydrogen-bond donors (Lipinski definition) is 1. The first kappa shape index (κ1) is 13.1. The second-order valence-electron chi connectivity index (χ2n) is 6.46. The quantitative estimate of drug-likeness (QED) is 0.899. The highest BCUT2D eigenvalue weighted by Crippen LogP contribution is 2.43. The average Bonchev–Trinajstić information content (AvgIpc) is 2.60. The molecule has 0 unspecified atom stereocenters. The topological polar surface area (TPSA) is 29.3 Å². The highest BCUT2D eigenvalue weighted by molar-refractivity contribution is 5.28.